The number of methoxy groups -OCH3 is 1. The van der Waals surface area contributed by atoms with Gasteiger partial charge in [0.1, 0.15) is 5.75 Å². The van der Waals surface area contributed by atoms with E-state index in [0.717, 1.165) is 0 Å². The van der Waals surface area contributed by atoms with Crippen molar-refractivity contribution in [1.82, 2.24) is 5.32 Å². The summed E-state index contributed by atoms with van der Waals surface area (Å²) in [6.07, 6.45) is 1.17. The molecule has 0 bridgehead atoms. The molecule has 3 N–H and O–H groups in total. The van der Waals surface area contributed by atoms with Crippen molar-refractivity contribution in [3.63, 3.8) is 0 Å². The highest BCUT2D eigenvalue weighted by Crippen LogP contribution is 2.45. The van der Waals surface area contributed by atoms with E-state index in [1.54, 1.807) is 18.2 Å². The summed E-state index contributed by atoms with van der Waals surface area (Å²) in [7, 11) is 1.48. The number of amides is 2. The van der Waals surface area contributed by atoms with Gasteiger partial charge in [0, 0.05) is 11.6 Å². The van der Waals surface area contributed by atoms with Crippen LogP contribution < -0.4 is 15.4 Å². The van der Waals surface area contributed by atoms with Crippen LogP contribution in [0, 0.1) is 5.41 Å². The molecule has 1 fully saturated rings. The summed E-state index contributed by atoms with van der Waals surface area (Å²) in [6, 6.07) is 4.35. The average molecular weight is 299 g/mol. The Morgan fingerprint density at radius 2 is 2.15 bits per heavy atom. The second kappa shape index (κ2) is 5.58. The normalized spacial score (nSPS) is 15.3. The number of carboxylic acids is 1. The van der Waals surface area contributed by atoms with Crippen molar-refractivity contribution in [3.05, 3.63) is 23.2 Å². The molecule has 7 heteroatoms. The highest BCUT2D eigenvalue weighted by Gasteiger charge is 2.50. The minimum Gasteiger partial charge on any atom is -0.495 e. The lowest BCUT2D eigenvalue weighted by Gasteiger charge is -2.14. The van der Waals surface area contributed by atoms with Crippen molar-refractivity contribution in [2.75, 3.05) is 19.0 Å². The Bertz CT molecular complexity index is 543. The van der Waals surface area contributed by atoms with Crippen molar-refractivity contribution in [2.45, 2.75) is 12.8 Å². The quantitative estimate of drug-likeness (QED) is 0.778. The van der Waals surface area contributed by atoms with Crippen LogP contribution >= 0.6 is 11.6 Å². The van der Waals surface area contributed by atoms with Gasteiger partial charge < -0.3 is 20.5 Å². The zero-order chi connectivity index (χ0) is 14.8. The molecule has 0 aromatic heterocycles. The number of rotatable bonds is 5. The third-order valence-electron chi connectivity index (χ3n) is 3.30. The molecular weight excluding hydrogens is 284 g/mol. The third-order valence-corrected chi connectivity index (χ3v) is 3.54. The van der Waals surface area contributed by atoms with Crippen molar-refractivity contribution < 1.29 is 19.4 Å². The van der Waals surface area contributed by atoms with E-state index in [4.69, 9.17) is 21.4 Å². The summed E-state index contributed by atoms with van der Waals surface area (Å²) < 4.78 is 5.10. The van der Waals surface area contributed by atoms with Crippen LogP contribution in [0.4, 0.5) is 10.5 Å². The number of hydrogen-bond acceptors (Lipinski definition) is 3. The standard InChI is InChI=1S/C13H15ClN2O4/c1-20-10-3-2-8(14)6-9(10)16-12(19)15-7-13(4-5-13)11(17)18/h2-3,6H,4-5,7H2,1H3,(H,17,18)(H2,15,16,19). The summed E-state index contributed by atoms with van der Waals surface area (Å²) in [5.41, 5.74) is -0.367. The lowest BCUT2D eigenvalue weighted by molar-refractivity contribution is -0.143. The molecule has 2 rings (SSSR count). The maximum absolute atomic E-state index is 11.8. The smallest absolute Gasteiger partial charge is 0.319 e. The number of urea groups is 1. The lowest BCUT2D eigenvalue weighted by atomic mass is 10.1. The van der Waals surface area contributed by atoms with Gasteiger partial charge in [-0.1, -0.05) is 11.6 Å². The van der Waals surface area contributed by atoms with Gasteiger partial charge in [0.05, 0.1) is 18.2 Å². The highest BCUT2D eigenvalue weighted by atomic mass is 35.5. The summed E-state index contributed by atoms with van der Waals surface area (Å²) in [6.45, 7) is 0.108. The van der Waals surface area contributed by atoms with Gasteiger partial charge in [-0.25, -0.2) is 4.79 Å². The molecule has 0 heterocycles. The van der Waals surface area contributed by atoms with Crippen LogP contribution in [0.2, 0.25) is 5.02 Å². The van der Waals surface area contributed by atoms with Crippen LogP contribution in [0.25, 0.3) is 0 Å². The Balaban J connectivity index is 1.95. The number of ether oxygens (including phenoxy) is 1. The molecule has 1 aliphatic carbocycles. The fraction of sp³-hybridized carbons (Fsp3) is 0.385. The molecule has 0 spiro atoms. The van der Waals surface area contributed by atoms with Crippen LogP contribution in [-0.4, -0.2) is 30.8 Å². The zero-order valence-corrected chi connectivity index (χ0v) is 11.7. The van der Waals surface area contributed by atoms with Gasteiger partial charge in [-0.2, -0.15) is 0 Å². The van der Waals surface area contributed by atoms with Gasteiger partial charge in [0.25, 0.3) is 0 Å². The largest absolute Gasteiger partial charge is 0.495 e. The first-order valence-electron chi connectivity index (χ1n) is 6.09. The summed E-state index contributed by atoms with van der Waals surface area (Å²) in [4.78, 5) is 22.8. The van der Waals surface area contributed by atoms with Crippen molar-refractivity contribution >= 4 is 29.3 Å². The maximum Gasteiger partial charge on any atom is 0.319 e. The summed E-state index contributed by atoms with van der Waals surface area (Å²) in [5, 5.41) is 14.6. The van der Waals surface area contributed by atoms with Gasteiger partial charge in [0.15, 0.2) is 0 Å². The number of carbonyl (C=O) groups excluding carboxylic acids is 1. The fourth-order valence-electron chi connectivity index (χ4n) is 1.81. The van der Waals surface area contributed by atoms with Crippen LogP contribution in [0.3, 0.4) is 0 Å². The second-order valence-corrected chi connectivity index (χ2v) is 5.17. The molecule has 1 aromatic rings. The van der Waals surface area contributed by atoms with Gasteiger partial charge in [-0.15, -0.1) is 0 Å². The molecule has 0 atom stereocenters. The molecule has 1 saturated carbocycles. The SMILES string of the molecule is COc1ccc(Cl)cc1NC(=O)NCC1(C(=O)O)CC1. The predicted molar refractivity (Wildman–Crippen MR) is 74.3 cm³/mol. The number of nitrogens with one attached hydrogen (secondary N) is 2. The average Bonchev–Trinajstić information content (AvgIpc) is 3.18. The van der Waals surface area contributed by atoms with Gasteiger partial charge >= 0.3 is 12.0 Å². The zero-order valence-electron chi connectivity index (χ0n) is 10.9. The van der Waals surface area contributed by atoms with Crippen LogP contribution in [0.1, 0.15) is 12.8 Å². The molecule has 20 heavy (non-hydrogen) atoms. The van der Waals surface area contributed by atoms with Crippen LogP contribution in [0.15, 0.2) is 18.2 Å². The molecule has 0 saturated heterocycles. The first kappa shape index (κ1) is 14.5. The molecule has 0 unspecified atom stereocenters. The first-order valence-corrected chi connectivity index (χ1v) is 6.46. The molecular formula is C13H15ClN2O4. The molecule has 0 radical (unpaired) electrons. The Labute approximate surface area is 121 Å². The monoisotopic (exact) mass is 298 g/mol. The first-order chi connectivity index (χ1) is 9.47. The van der Waals surface area contributed by atoms with E-state index in [9.17, 15) is 9.59 Å². The van der Waals surface area contributed by atoms with Crippen molar-refractivity contribution in [1.29, 1.82) is 0 Å². The van der Waals surface area contributed by atoms with E-state index in [-0.39, 0.29) is 6.54 Å². The number of carbonyl (C=O) groups is 2. The lowest BCUT2D eigenvalue weighted by Crippen LogP contribution is -2.36. The Morgan fingerprint density at radius 3 is 2.70 bits per heavy atom. The van der Waals surface area contributed by atoms with E-state index in [1.807, 2.05) is 0 Å². The maximum atomic E-state index is 11.8. The number of hydrogen-bond donors (Lipinski definition) is 3. The Hall–Kier alpha value is -1.95. The fourth-order valence-corrected chi connectivity index (χ4v) is 1.98. The Morgan fingerprint density at radius 1 is 1.45 bits per heavy atom. The van der Waals surface area contributed by atoms with Gasteiger partial charge in [0.2, 0.25) is 0 Å². The topological polar surface area (TPSA) is 87.7 Å². The van der Waals surface area contributed by atoms with Crippen molar-refractivity contribution in [2.24, 2.45) is 5.41 Å². The van der Waals surface area contributed by atoms with Gasteiger partial charge in [-0.3, -0.25) is 4.79 Å². The number of carboxylic acid groups (broad SMARTS) is 1. The number of benzene rings is 1. The van der Waals surface area contributed by atoms with E-state index in [1.165, 1.54) is 7.11 Å². The molecule has 6 nitrogen and oxygen atoms in total. The summed E-state index contributed by atoms with van der Waals surface area (Å²) in [5.74, 6) is -0.401. The second-order valence-electron chi connectivity index (χ2n) is 4.74. The van der Waals surface area contributed by atoms with E-state index in [0.29, 0.717) is 29.3 Å². The molecule has 2 amide bonds. The summed E-state index contributed by atoms with van der Waals surface area (Å²) >= 11 is 5.85. The van der Waals surface area contributed by atoms with E-state index >= 15 is 0 Å². The van der Waals surface area contributed by atoms with Gasteiger partial charge in [-0.05, 0) is 31.0 Å². The molecule has 108 valence electrons. The van der Waals surface area contributed by atoms with Crippen LogP contribution in [0.5, 0.6) is 5.75 Å². The van der Waals surface area contributed by atoms with E-state index < -0.39 is 17.4 Å². The highest BCUT2D eigenvalue weighted by molar-refractivity contribution is 6.31. The van der Waals surface area contributed by atoms with Crippen molar-refractivity contribution in [3.8, 4) is 5.75 Å². The molecule has 1 aromatic carbocycles. The number of anilines is 1. The Kier molecular flexibility index (Phi) is 4.04. The minimum absolute atomic E-state index is 0.108. The number of halogens is 1. The minimum atomic E-state index is -0.877. The van der Waals surface area contributed by atoms with Crippen LogP contribution in [-0.2, 0) is 4.79 Å². The van der Waals surface area contributed by atoms with E-state index in [2.05, 4.69) is 10.6 Å². The predicted octanol–water partition coefficient (Wildman–Crippen LogP) is 2.33. The third kappa shape index (κ3) is 3.14. The molecule has 0 aliphatic heterocycles. The number of aliphatic carboxylic acids is 1. The molecule has 1 aliphatic rings.